The van der Waals surface area contributed by atoms with E-state index in [9.17, 15) is 4.79 Å². The first-order valence-electron chi connectivity index (χ1n) is 11.6. The van der Waals surface area contributed by atoms with Gasteiger partial charge in [0.15, 0.2) is 11.7 Å². The number of carbonyl (C=O) groups excluding carboxylic acids is 1. The highest BCUT2D eigenvalue weighted by Crippen LogP contribution is 2.33. The summed E-state index contributed by atoms with van der Waals surface area (Å²) in [5, 5.41) is 29.9. The Balaban J connectivity index is 1.58. The van der Waals surface area contributed by atoms with E-state index in [2.05, 4.69) is 20.9 Å². The number of anilines is 1. The van der Waals surface area contributed by atoms with Crippen molar-refractivity contribution in [2.24, 2.45) is 27.7 Å². The van der Waals surface area contributed by atoms with Crippen LogP contribution in [0, 0.1) is 5.92 Å². The molecule has 1 fully saturated rings. The number of rotatable bonds is 8. The van der Waals surface area contributed by atoms with E-state index in [1.54, 1.807) is 66.7 Å². The SMILES string of the molecule is N/C(=N\O)c1ccc(Oc2cc(NC(=O)C3CCNCC3)cc(Oc3ccc(/C(N)=N/O)cc3)c2)cc1. The van der Waals surface area contributed by atoms with Crippen molar-refractivity contribution >= 4 is 23.3 Å². The average molecular weight is 505 g/mol. The van der Waals surface area contributed by atoms with E-state index in [4.69, 9.17) is 31.4 Å². The highest BCUT2D eigenvalue weighted by molar-refractivity contribution is 5.97. The first kappa shape index (κ1) is 25.3. The number of nitrogens with one attached hydrogen (secondary N) is 2. The largest absolute Gasteiger partial charge is 0.457 e. The lowest BCUT2D eigenvalue weighted by molar-refractivity contribution is -0.120. The normalized spacial score (nSPS) is 14.7. The molecular weight excluding hydrogens is 476 g/mol. The fourth-order valence-electron chi connectivity index (χ4n) is 3.87. The van der Waals surface area contributed by atoms with Gasteiger partial charge >= 0.3 is 0 Å². The Morgan fingerprint density at radius 2 is 1.24 bits per heavy atom. The van der Waals surface area contributed by atoms with Gasteiger partial charge in [0, 0.05) is 40.9 Å². The number of amides is 1. The molecule has 1 saturated heterocycles. The maximum Gasteiger partial charge on any atom is 0.227 e. The second kappa shape index (κ2) is 11.8. The molecule has 11 heteroatoms. The molecule has 0 aliphatic carbocycles. The summed E-state index contributed by atoms with van der Waals surface area (Å²) in [6, 6.07) is 18.5. The zero-order valence-corrected chi connectivity index (χ0v) is 19.9. The molecule has 0 saturated carbocycles. The summed E-state index contributed by atoms with van der Waals surface area (Å²) in [6.45, 7) is 1.61. The lowest BCUT2D eigenvalue weighted by Gasteiger charge is -2.22. The standard InChI is InChI=1S/C26H28N6O5/c27-24(31-34)16-1-5-20(6-2-16)36-22-13-19(30-26(33)18-9-11-29-12-10-18)14-23(15-22)37-21-7-3-17(4-8-21)25(28)32-35/h1-8,13-15,18,29,34-35H,9-12H2,(H2,27,31)(H2,28,32)(H,30,33). The van der Waals surface area contributed by atoms with Gasteiger partial charge < -0.3 is 42.0 Å². The predicted octanol–water partition coefficient (Wildman–Crippen LogP) is 3.40. The van der Waals surface area contributed by atoms with Crippen molar-refractivity contribution < 1.29 is 24.7 Å². The Morgan fingerprint density at radius 3 is 1.68 bits per heavy atom. The predicted molar refractivity (Wildman–Crippen MR) is 139 cm³/mol. The Labute approximate surface area is 213 Å². The summed E-state index contributed by atoms with van der Waals surface area (Å²) in [5.41, 5.74) is 12.9. The van der Waals surface area contributed by atoms with E-state index < -0.39 is 0 Å². The number of oxime groups is 2. The number of nitrogens with zero attached hydrogens (tertiary/aromatic N) is 2. The third-order valence-electron chi connectivity index (χ3n) is 5.84. The zero-order chi connectivity index (χ0) is 26.2. The average Bonchev–Trinajstić information content (AvgIpc) is 2.93. The number of carbonyl (C=O) groups is 1. The zero-order valence-electron chi connectivity index (χ0n) is 19.9. The topological polar surface area (TPSA) is 177 Å². The van der Waals surface area contributed by atoms with E-state index in [0.717, 1.165) is 25.9 Å². The lowest BCUT2D eigenvalue weighted by Crippen LogP contribution is -2.34. The minimum atomic E-state index is -0.0763. The maximum absolute atomic E-state index is 12.9. The van der Waals surface area contributed by atoms with Crippen molar-refractivity contribution in [3.8, 4) is 23.0 Å². The van der Waals surface area contributed by atoms with Crippen LogP contribution in [0.25, 0.3) is 0 Å². The van der Waals surface area contributed by atoms with Crippen molar-refractivity contribution in [3.05, 3.63) is 77.9 Å². The van der Waals surface area contributed by atoms with Crippen molar-refractivity contribution in [1.82, 2.24) is 5.32 Å². The number of benzene rings is 3. The van der Waals surface area contributed by atoms with Gasteiger partial charge in [-0.05, 0) is 74.5 Å². The smallest absolute Gasteiger partial charge is 0.227 e. The van der Waals surface area contributed by atoms with Gasteiger partial charge in [-0.15, -0.1) is 0 Å². The fraction of sp³-hybridized carbons (Fsp3) is 0.192. The molecular formula is C26H28N6O5. The second-order valence-electron chi connectivity index (χ2n) is 8.43. The number of piperidine rings is 1. The van der Waals surface area contributed by atoms with Crippen molar-refractivity contribution in [2.75, 3.05) is 18.4 Å². The summed E-state index contributed by atoms with van der Waals surface area (Å²) in [5.74, 6) is 1.72. The number of nitrogens with two attached hydrogens (primary N) is 2. The van der Waals surface area contributed by atoms with E-state index >= 15 is 0 Å². The minimum Gasteiger partial charge on any atom is -0.457 e. The van der Waals surface area contributed by atoms with Gasteiger partial charge in [0.05, 0.1) is 0 Å². The van der Waals surface area contributed by atoms with Gasteiger partial charge in [0.2, 0.25) is 5.91 Å². The lowest BCUT2D eigenvalue weighted by atomic mass is 9.97. The molecule has 1 heterocycles. The molecule has 1 amide bonds. The molecule has 192 valence electrons. The number of hydrogen-bond donors (Lipinski definition) is 6. The summed E-state index contributed by atoms with van der Waals surface area (Å²) < 4.78 is 12.0. The number of ether oxygens (including phenoxy) is 2. The highest BCUT2D eigenvalue weighted by atomic mass is 16.5. The summed E-state index contributed by atoms with van der Waals surface area (Å²) >= 11 is 0. The molecule has 0 bridgehead atoms. The molecule has 1 aliphatic rings. The first-order chi connectivity index (χ1) is 17.9. The van der Waals surface area contributed by atoms with Crippen LogP contribution in [-0.2, 0) is 4.79 Å². The second-order valence-corrected chi connectivity index (χ2v) is 8.43. The van der Waals surface area contributed by atoms with E-state index in [1.807, 2.05) is 0 Å². The molecule has 0 unspecified atom stereocenters. The van der Waals surface area contributed by atoms with Crippen LogP contribution in [-0.4, -0.2) is 41.1 Å². The van der Waals surface area contributed by atoms with Crippen molar-refractivity contribution in [1.29, 1.82) is 0 Å². The molecule has 0 aromatic heterocycles. The van der Waals surface area contributed by atoms with Crippen LogP contribution in [0.2, 0.25) is 0 Å². The Kier molecular flexibility index (Phi) is 8.06. The molecule has 0 spiro atoms. The molecule has 11 nitrogen and oxygen atoms in total. The molecule has 0 radical (unpaired) electrons. The maximum atomic E-state index is 12.9. The molecule has 0 atom stereocenters. The Morgan fingerprint density at radius 1 is 0.784 bits per heavy atom. The van der Waals surface area contributed by atoms with Crippen molar-refractivity contribution in [3.63, 3.8) is 0 Å². The molecule has 3 aromatic carbocycles. The summed E-state index contributed by atoms with van der Waals surface area (Å²) in [4.78, 5) is 12.9. The van der Waals surface area contributed by atoms with Crippen LogP contribution >= 0.6 is 0 Å². The highest BCUT2D eigenvalue weighted by Gasteiger charge is 2.21. The van der Waals surface area contributed by atoms with Crippen LogP contribution in [0.1, 0.15) is 24.0 Å². The van der Waals surface area contributed by atoms with Gasteiger partial charge in [-0.3, -0.25) is 4.79 Å². The minimum absolute atomic E-state index is 0.0112. The summed E-state index contributed by atoms with van der Waals surface area (Å²) in [6.07, 6.45) is 1.54. The van der Waals surface area contributed by atoms with Crippen molar-refractivity contribution in [2.45, 2.75) is 12.8 Å². The van der Waals surface area contributed by atoms with Crippen LogP contribution in [0.5, 0.6) is 23.0 Å². The Bertz CT molecular complexity index is 1200. The quantitative estimate of drug-likeness (QED) is 0.117. The molecule has 37 heavy (non-hydrogen) atoms. The van der Waals surface area contributed by atoms with Crippen LogP contribution in [0.3, 0.4) is 0 Å². The molecule has 1 aliphatic heterocycles. The Hall–Kier alpha value is -4.77. The number of hydrogen-bond acceptors (Lipinski definition) is 8. The van der Waals surface area contributed by atoms with Crippen LogP contribution < -0.4 is 31.6 Å². The monoisotopic (exact) mass is 504 g/mol. The molecule has 8 N–H and O–H groups in total. The van der Waals surface area contributed by atoms with Gasteiger partial charge in [0.1, 0.15) is 23.0 Å². The van der Waals surface area contributed by atoms with Gasteiger partial charge in [0.25, 0.3) is 0 Å². The molecule has 4 rings (SSSR count). The fourth-order valence-corrected chi connectivity index (χ4v) is 3.87. The molecule has 3 aromatic rings. The van der Waals surface area contributed by atoms with E-state index in [1.165, 1.54) is 0 Å². The van der Waals surface area contributed by atoms with Gasteiger partial charge in [-0.25, -0.2) is 0 Å². The van der Waals surface area contributed by atoms with Gasteiger partial charge in [-0.1, -0.05) is 10.3 Å². The third-order valence-corrected chi connectivity index (χ3v) is 5.84. The van der Waals surface area contributed by atoms with Gasteiger partial charge in [-0.2, -0.15) is 0 Å². The van der Waals surface area contributed by atoms with Crippen LogP contribution in [0.4, 0.5) is 5.69 Å². The van der Waals surface area contributed by atoms with E-state index in [-0.39, 0.29) is 23.5 Å². The third kappa shape index (κ3) is 6.67. The van der Waals surface area contributed by atoms with Crippen LogP contribution in [0.15, 0.2) is 77.0 Å². The first-order valence-corrected chi connectivity index (χ1v) is 11.6. The summed E-state index contributed by atoms with van der Waals surface area (Å²) in [7, 11) is 0. The number of amidine groups is 2. The van der Waals surface area contributed by atoms with E-state index in [0.29, 0.717) is 39.8 Å².